The van der Waals surface area contributed by atoms with Crippen LogP contribution in [0.1, 0.15) is 35.7 Å². The number of ether oxygens (including phenoxy) is 2. The van der Waals surface area contributed by atoms with Gasteiger partial charge in [0.05, 0.1) is 19.3 Å². The Labute approximate surface area is 212 Å². The van der Waals surface area contributed by atoms with Crippen molar-refractivity contribution in [2.75, 3.05) is 13.2 Å². The van der Waals surface area contributed by atoms with E-state index in [1.165, 1.54) is 19.1 Å². The lowest BCUT2D eigenvalue weighted by molar-refractivity contribution is -0.144. The first-order valence-corrected chi connectivity index (χ1v) is 11.6. The topological polar surface area (TPSA) is 139 Å². The molecule has 0 spiro atoms. The zero-order valence-electron chi connectivity index (χ0n) is 20.6. The molecule has 37 heavy (non-hydrogen) atoms. The summed E-state index contributed by atoms with van der Waals surface area (Å²) in [7, 11) is 0. The molecule has 0 radical (unpaired) electrons. The molecule has 0 aliphatic carbocycles. The molecular formula is C25H29F2N3O7. The molecule has 1 aliphatic heterocycles. The predicted molar refractivity (Wildman–Crippen MR) is 126 cm³/mol. The summed E-state index contributed by atoms with van der Waals surface area (Å²) >= 11 is 0. The van der Waals surface area contributed by atoms with Crippen LogP contribution in [-0.2, 0) is 30.3 Å². The van der Waals surface area contributed by atoms with Crippen molar-refractivity contribution in [3.63, 3.8) is 0 Å². The van der Waals surface area contributed by atoms with Gasteiger partial charge in [0.2, 0.25) is 11.8 Å². The Bertz CT molecular complexity index is 1120. The van der Waals surface area contributed by atoms with Crippen molar-refractivity contribution in [2.45, 2.75) is 57.5 Å². The van der Waals surface area contributed by atoms with Crippen LogP contribution < -0.4 is 16.0 Å². The number of carbonyl (C=O) groups is 4. The Morgan fingerprint density at radius 2 is 1.68 bits per heavy atom. The van der Waals surface area contributed by atoms with Gasteiger partial charge in [0.25, 0.3) is 5.91 Å². The zero-order valence-corrected chi connectivity index (χ0v) is 20.6. The lowest BCUT2D eigenvalue weighted by Crippen LogP contribution is -2.57. The highest BCUT2D eigenvalue weighted by molar-refractivity contribution is 5.99. The number of halogens is 2. The number of alkyl halides is 2. The van der Waals surface area contributed by atoms with Gasteiger partial charge in [-0.15, -0.1) is 0 Å². The summed E-state index contributed by atoms with van der Waals surface area (Å²) in [6, 6.07) is 8.27. The number of rotatable bonds is 13. The van der Waals surface area contributed by atoms with Crippen LogP contribution in [0.25, 0.3) is 0 Å². The Morgan fingerprint density at radius 1 is 1.00 bits per heavy atom. The van der Waals surface area contributed by atoms with E-state index in [1.807, 2.05) is 18.2 Å². The molecular weight excluding hydrogens is 492 g/mol. The molecule has 1 saturated heterocycles. The van der Waals surface area contributed by atoms with Crippen molar-refractivity contribution in [1.29, 1.82) is 0 Å². The summed E-state index contributed by atoms with van der Waals surface area (Å²) in [5.41, 5.74) is -0.187. The molecule has 4 atom stereocenters. The standard InChI is InChI=1S/C25H29F2N3O7/c1-14-9-10-19(37-14)23(34)30-18(12-35-24(26)27)22(33)28-15(2)21(32)29-17(20(31)25(3)13-36-25)11-16-7-5-4-6-8-16/h4-10,15,17-18,24H,11-13H2,1-3H3,(H,28,33)(H,29,32)(H,30,34)/t15-,17?,18?,25?/m0/s1. The molecule has 2 aromatic rings. The molecule has 3 amide bonds. The van der Waals surface area contributed by atoms with Gasteiger partial charge in [0, 0.05) is 0 Å². The van der Waals surface area contributed by atoms with Crippen molar-refractivity contribution in [2.24, 2.45) is 0 Å². The lowest BCUT2D eigenvalue weighted by Gasteiger charge is -2.24. The smallest absolute Gasteiger partial charge is 0.345 e. The highest BCUT2D eigenvalue weighted by Gasteiger charge is 2.50. The van der Waals surface area contributed by atoms with Crippen molar-refractivity contribution < 1.29 is 41.8 Å². The molecule has 12 heteroatoms. The molecule has 0 saturated carbocycles. The number of epoxide rings is 1. The minimum atomic E-state index is -3.19. The second kappa shape index (κ2) is 12.1. The van der Waals surface area contributed by atoms with Gasteiger partial charge in [-0.05, 0) is 44.9 Å². The first kappa shape index (κ1) is 27.9. The number of aryl methyl sites for hydroxylation is 1. The molecule has 1 aliphatic rings. The van der Waals surface area contributed by atoms with Crippen molar-refractivity contribution in [3.8, 4) is 0 Å². The fraction of sp³-hybridized carbons (Fsp3) is 0.440. The van der Waals surface area contributed by atoms with Crippen molar-refractivity contribution in [3.05, 3.63) is 59.5 Å². The van der Waals surface area contributed by atoms with Crippen LogP contribution in [0, 0.1) is 6.92 Å². The average Bonchev–Trinajstić information content (AvgIpc) is 3.46. The number of hydrogen-bond donors (Lipinski definition) is 3. The number of amides is 3. The zero-order chi connectivity index (χ0) is 27.2. The first-order chi connectivity index (χ1) is 17.5. The van der Waals surface area contributed by atoms with Gasteiger partial charge < -0.3 is 29.8 Å². The molecule has 0 bridgehead atoms. The van der Waals surface area contributed by atoms with Crippen molar-refractivity contribution >= 4 is 23.5 Å². The largest absolute Gasteiger partial charge is 0.456 e. The van der Waals surface area contributed by atoms with E-state index in [4.69, 9.17) is 9.15 Å². The Kier molecular flexibility index (Phi) is 9.11. The van der Waals surface area contributed by atoms with Gasteiger partial charge in [-0.2, -0.15) is 8.78 Å². The molecule has 3 rings (SSSR count). The Morgan fingerprint density at radius 3 is 2.24 bits per heavy atom. The second-order valence-corrected chi connectivity index (χ2v) is 8.90. The van der Waals surface area contributed by atoms with Crippen LogP contribution in [-0.4, -0.2) is 67.1 Å². The maximum absolute atomic E-state index is 13.0. The third kappa shape index (κ3) is 7.92. The van der Waals surface area contributed by atoms with Gasteiger partial charge in [0.15, 0.2) is 11.5 Å². The maximum Gasteiger partial charge on any atom is 0.345 e. The van der Waals surface area contributed by atoms with Crippen LogP contribution in [0.15, 0.2) is 46.9 Å². The number of nitrogens with one attached hydrogen (secondary N) is 3. The Hall–Kier alpha value is -3.64. The molecule has 10 nitrogen and oxygen atoms in total. The monoisotopic (exact) mass is 521 g/mol. The van der Waals surface area contributed by atoms with E-state index in [0.717, 1.165) is 5.56 Å². The SMILES string of the molecule is Cc1ccc(C(=O)NC(COC(F)F)C(=O)N[C@@H](C)C(=O)NC(Cc2ccccc2)C(=O)C2(C)CO2)o1. The molecule has 3 N–H and O–H groups in total. The summed E-state index contributed by atoms with van der Waals surface area (Å²) < 4.78 is 39.9. The number of ketones is 1. The third-order valence-corrected chi connectivity index (χ3v) is 5.74. The summed E-state index contributed by atoms with van der Waals surface area (Å²) in [5.74, 6) is -2.46. The van der Waals surface area contributed by atoms with Crippen LogP contribution >= 0.6 is 0 Å². The highest BCUT2D eigenvalue weighted by atomic mass is 19.3. The summed E-state index contributed by atoms with van der Waals surface area (Å²) in [6.07, 6.45) is 0.203. The average molecular weight is 522 g/mol. The molecule has 2 heterocycles. The summed E-state index contributed by atoms with van der Waals surface area (Å²) in [6.45, 7) is 0.784. The number of Topliss-reactive ketones (excluding diaryl/α,β-unsaturated/α-hetero) is 1. The first-order valence-electron chi connectivity index (χ1n) is 11.6. The van der Waals surface area contributed by atoms with E-state index in [2.05, 4.69) is 20.7 Å². The number of benzene rings is 1. The van der Waals surface area contributed by atoms with Crippen LogP contribution in [0.3, 0.4) is 0 Å². The van der Waals surface area contributed by atoms with Crippen LogP contribution in [0.2, 0.25) is 0 Å². The predicted octanol–water partition coefficient (Wildman–Crippen LogP) is 1.52. The van der Waals surface area contributed by atoms with Gasteiger partial charge in [-0.1, -0.05) is 30.3 Å². The number of carbonyl (C=O) groups excluding carboxylic acids is 4. The molecule has 1 aromatic carbocycles. The van der Waals surface area contributed by atoms with E-state index >= 15 is 0 Å². The van der Waals surface area contributed by atoms with Crippen molar-refractivity contribution in [1.82, 2.24) is 16.0 Å². The van der Waals surface area contributed by atoms with Gasteiger partial charge in [0.1, 0.15) is 23.4 Å². The van der Waals surface area contributed by atoms with E-state index in [0.29, 0.717) is 5.76 Å². The maximum atomic E-state index is 13.0. The molecule has 200 valence electrons. The Balaban J connectivity index is 1.65. The third-order valence-electron chi connectivity index (χ3n) is 5.74. The summed E-state index contributed by atoms with van der Waals surface area (Å²) in [4.78, 5) is 51.0. The number of furan rings is 1. The van der Waals surface area contributed by atoms with Gasteiger partial charge >= 0.3 is 6.61 Å². The normalized spacial score (nSPS) is 19.0. The van der Waals surface area contributed by atoms with Crippen LogP contribution in [0.4, 0.5) is 8.78 Å². The van der Waals surface area contributed by atoms with E-state index in [-0.39, 0.29) is 24.6 Å². The highest BCUT2D eigenvalue weighted by Crippen LogP contribution is 2.29. The molecule has 3 unspecified atom stereocenters. The van der Waals surface area contributed by atoms with Gasteiger partial charge in [-0.25, -0.2) is 0 Å². The van der Waals surface area contributed by atoms with E-state index < -0.39 is 54.7 Å². The lowest BCUT2D eigenvalue weighted by atomic mass is 9.94. The second-order valence-electron chi connectivity index (χ2n) is 8.90. The van der Waals surface area contributed by atoms with Gasteiger partial charge in [-0.3, -0.25) is 19.2 Å². The number of hydrogen-bond acceptors (Lipinski definition) is 7. The minimum absolute atomic E-state index is 0.129. The fourth-order valence-electron chi connectivity index (χ4n) is 3.49. The minimum Gasteiger partial charge on any atom is -0.456 e. The van der Waals surface area contributed by atoms with E-state index in [1.54, 1.807) is 26.0 Å². The fourth-order valence-corrected chi connectivity index (χ4v) is 3.49. The summed E-state index contributed by atoms with van der Waals surface area (Å²) in [5, 5.41) is 7.26. The molecule has 1 aromatic heterocycles. The molecule has 1 fully saturated rings. The quantitative estimate of drug-likeness (QED) is 0.340. The van der Waals surface area contributed by atoms with E-state index in [9.17, 15) is 28.0 Å². The van der Waals surface area contributed by atoms with Crippen LogP contribution in [0.5, 0.6) is 0 Å².